The molecule has 3 nitrogen and oxygen atoms in total. The average Bonchev–Trinajstić information content (AvgIpc) is 2.39. The maximum Gasteiger partial charge on any atom is 0.0195 e. The van der Waals surface area contributed by atoms with E-state index in [4.69, 9.17) is 5.73 Å². The van der Waals surface area contributed by atoms with Gasteiger partial charge in [0.25, 0.3) is 0 Å². The monoisotopic (exact) mass is 253 g/mol. The van der Waals surface area contributed by atoms with Gasteiger partial charge in [-0.15, -0.1) is 0 Å². The Morgan fingerprint density at radius 3 is 2.50 bits per heavy atom. The van der Waals surface area contributed by atoms with Gasteiger partial charge in [0.2, 0.25) is 0 Å². The lowest BCUT2D eigenvalue weighted by molar-refractivity contribution is 0.0743. The molecule has 1 atom stereocenters. The number of rotatable bonds is 4. The summed E-state index contributed by atoms with van der Waals surface area (Å²) >= 11 is 0. The maximum atomic E-state index is 6.08. The van der Waals surface area contributed by atoms with Crippen LogP contribution in [0.5, 0.6) is 0 Å². The van der Waals surface area contributed by atoms with Gasteiger partial charge in [-0.05, 0) is 51.7 Å². The minimum Gasteiger partial charge on any atom is -0.330 e. The van der Waals surface area contributed by atoms with Gasteiger partial charge in [0.1, 0.15) is 0 Å². The van der Waals surface area contributed by atoms with Gasteiger partial charge < -0.3 is 10.6 Å². The molecule has 0 aromatic heterocycles. The third kappa shape index (κ3) is 3.46. The number of nitrogens with two attached hydrogens (primary N) is 1. The van der Waals surface area contributed by atoms with Gasteiger partial charge >= 0.3 is 0 Å². The largest absolute Gasteiger partial charge is 0.330 e. The zero-order valence-electron chi connectivity index (χ0n) is 12.3. The molecule has 1 saturated carbocycles. The SMILES string of the molecule is CC1CN(C)CCN1CCC1(CN)CCCCC1. The first-order valence-corrected chi connectivity index (χ1v) is 7.78. The van der Waals surface area contributed by atoms with Crippen molar-refractivity contribution in [2.24, 2.45) is 11.1 Å². The summed E-state index contributed by atoms with van der Waals surface area (Å²) in [5, 5.41) is 0. The molecule has 0 amide bonds. The molecule has 18 heavy (non-hydrogen) atoms. The van der Waals surface area contributed by atoms with Crippen molar-refractivity contribution in [3.63, 3.8) is 0 Å². The molecule has 1 aliphatic heterocycles. The first-order valence-electron chi connectivity index (χ1n) is 7.78. The van der Waals surface area contributed by atoms with Crippen LogP contribution in [0.4, 0.5) is 0 Å². The molecule has 3 heteroatoms. The van der Waals surface area contributed by atoms with E-state index in [0.29, 0.717) is 11.5 Å². The zero-order valence-corrected chi connectivity index (χ0v) is 12.3. The van der Waals surface area contributed by atoms with Crippen molar-refractivity contribution >= 4 is 0 Å². The molecule has 1 heterocycles. The van der Waals surface area contributed by atoms with Crippen LogP contribution in [0.1, 0.15) is 45.4 Å². The van der Waals surface area contributed by atoms with E-state index in [0.717, 1.165) is 6.54 Å². The molecule has 1 aliphatic carbocycles. The van der Waals surface area contributed by atoms with E-state index >= 15 is 0 Å². The Morgan fingerprint density at radius 2 is 1.89 bits per heavy atom. The summed E-state index contributed by atoms with van der Waals surface area (Å²) in [6, 6.07) is 0.710. The van der Waals surface area contributed by atoms with Gasteiger partial charge in [-0.3, -0.25) is 4.90 Å². The summed E-state index contributed by atoms with van der Waals surface area (Å²) < 4.78 is 0. The highest BCUT2D eigenvalue weighted by molar-refractivity contribution is 4.86. The van der Waals surface area contributed by atoms with Crippen LogP contribution in [0.25, 0.3) is 0 Å². The van der Waals surface area contributed by atoms with Gasteiger partial charge in [-0.1, -0.05) is 19.3 Å². The van der Waals surface area contributed by atoms with E-state index in [1.54, 1.807) is 0 Å². The lowest BCUT2D eigenvalue weighted by Crippen LogP contribution is -2.51. The first kappa shape index (κ1) is 14.3. The highest BCUT2D eigenvalue weighted by Gasteiger charge is 2.32. The molecular weight excluding hydrogens is 222 g/mol. The van der Waals surface area contributed by atoms with E-state index in [1.165, 1.54) is 64.7 Å². The summed E-state index contributed by atoms with van der Waals surface area (Å²) in [5.74, 6) is 0. The smallest absolute Gasteiger partial charge is 0.0195 e. The minimum atomic E-state index is 0.474. The van der Waals surface area contributed by atoms with Crippen LogP contribution >= 0.6 is 0 Å². The van der Waals surface area contributed by atoms with E-state index in [2.05, 4.69) is 23.8 Å². The first-order chi connectivity index (χ1) is 8.65. The second-order valence-corrected chi connectivity index (χ2v) is 6.66. The van der Waals surface area contributed by atoms with Crippen LogP contribution < -0.4 is 5.73 Å². The molecule has 0 spiro atoms. The minimum absolute atomic E-state index is 0.474. The average molecular weight is 253 g/mol. The molecule has 2 N–H and O–H groups in total. The van der Waals surface area contributed by atoms with Crippen LogP contribution in [-0.2, 0) is 0 Å². The standard InChI is InChI=1S/C15H31N3/c1-14-12-17(2)10-11-18(14)9-8-15(13-16)6-4-3-5-7-15/h14H,3-13,16H2,1-2H3. The summed E-state index contributed by atoms with van der Waals surface area (Å²) in [6.45, 7) is 8.20. The Morgan fingerprint density at radius 1 is 1.17 bits per heavy atom. The predicted octanol–water partition coefficient (Wildman–Crippen LogP) is 1.92. The van der Waals surface area contributed by atoms with E-state index in [9.17, 15) is 0 Å². The Hall–Kier alpha value is -0.120. The van der Waals surface area contributed by atoms with Crippen LogP contribution in [0, 0.1) is 5.41 Å². The molecule has 1 unspecified atom stereocenters. The van der Waals surface area contributed by atoms with Gasteiger partial charge in [-0.2, -0.15) is 0 Å². The fraction of sp³-hybridized carbons (Fsp3) is 1.00. The van der Waals surface area contributed by atoms with Gasteiger partial charge in [0, 0.05) is 25.7 Å². The predicted molar refractivity (Wildman–Crippen MR) is 77.7 cm³/mol. The quantitative estimate of drug-likeness (QED) is 0.831. The van der Waals surface area contributed by atoms with Crippen molar-refractivity contribution < 1.29 is 0 Å². The number of nitrogens with zero attached hydrogens (tertiary/aromatic N) is 2. The van der Waals surface area contributed by atoms with Crippen molar-refractivity contribution in [1.29, 1.82) is 0 Å². The lowest BCUT2D eigenvalue weighted by atomic mass is 9.72. The molecule has 0 bridgehead atoms. The Balaban J connectivity index is 1.82. The van der Waals surface area contributed by atoms with Crippen LogP contribution in [0.15, 0.2) is 0 Å². The summed E-state index contributed by atoms with van der Waals surface area (Å²) in [7, 11) is 2.23. The summed E-state index contributed by atoms with van der Waals surface area (Å²) in [5.41, 5.74) is 6.56. The van der Waals surface area contributed by atoms with Gasteiger partial charge in [0.05, 0.1) is 0 Å². The third-order valence-corrected chi connectivity index (χ3v) is 5.24. The van der Waals surface area contributed by atoms with Crippen molar-refractivity contribution in [2.75, 3.05) is 39.8 Å². The molecule has 106 valence electrons. The number of piperazine rings is 1. The van der Waals surface area contributed by atoms with Crippen molar-refractivity contribution in [3.8, 4) is 0 Å². The van der Waals surface area contributed by atoms with Crippen LogP contribution in [-0.4, -0.2) is 55.6 Å². The Labute approximate surface area is 113 Å². The second-order valence-electron chi connectivity index (χ2n) is 6.66. The van der Waals surface area contributed by atoms with Gasteiger partial charge in [0.15, 0.2) is 0 Å². The molecule has 0 radical (unpaired) electrons. The van der Waals surface area contributed by atoms with Crippen molar-refractivity contribution in [1.82, 2.24) is 9.80 Å². The van der Waals surface area contributed by atoms with Crippen molar-refractivity contribution in [2.45, 2.75) is 51.5 Å². The summed E-state index contributed by atoms with van der Waals surface area (Å²) in [6.07, 6.45) is 8.27. The molecule has 0 aromatic carbocycles. The van der Waals surface area contributed by atoms with E-state index < -0.39 is 0 Å². The molecule has 2 fully saturated rings. The fourth-order valence-corrected chi connectivity index (χ4v) is 3.75. The number of likely N-dealkylation sites (N-methyl/N-ethyl adjacent to an activating group) is 1. The Kier molecular flexibility index (Phi) is 5.05. The Bertz CT molecular complexity index is 248. The van der Waals surface area contributed by atoms with Gasteiger partial charge in [-0.25, -0.2) is 0 Å². The van der Waals surface area contributed by atoms with Crippen molar-refractivity contribution in [3.05, 3.63) is 0 Å². The molecular formula is C15H31N3. The highest BCUT2D eigenvalue weighted by Crippen LogP contribution is 2.38. The molecule has 2 aliphatic rings. The molecule has 2 rings (SSSR count). The van der Waals surface area contributed by atoms with Crippen LogP contribution in [0.3, 0.4) is 0 Å². The fourth-order valence-electron chi connectivity index (χ4n) is 3.75. The van der Waals surface area contributed by atoms with Crippen LogP contribution in [0.2, 0.25) is 0 Å². The highest BCUT2D eigenvalue weighted by atomic mass is 15.3. The molecule has 0 aromatic rings. The van der Waals surface area contributed by atoms with E-state index in [-0.39, 0.29) is 0 Å². The second kappa shape index (κ2) is 6.36. The third-order valence-electron chi connectivity index (χ3n) is 5.24. The number of hydrogen-bond donors (Lipinski definition) is 1. The number of hydrogen-bond acceptors (Lipinski definition) is 3. The summed E-state index contributed by atoms with van der Waals surface area (Å²) in [4.78, 5) is 5.12. The zero-order chi connectivity index (χ0) is 13.0. The van der Waals surface area contributed by atoms with E-state index in [1.807, 2.05) is 0 Å². The molecule has 1 saturated heterocycles. The topological polar surface area (TPSA) is 32.5 Å². The lowest BCUT2D eigenvalue weighted by Gasteiger charge is -2.42. The maximum absolute atomic E-state index is 6.08. The normalized spacial score (nSPS) is 30.5.